The van der Waals surface area contributed by atoms with Crippen molar-refractivity contribution < 1.29 is 38.7 Å². The van der Waals surface area contributed by atoms with Crippen molar-refractivity contribution >= 4 is 52.8 Å². The normalized spacial score (nSPS) is 9.93. The Morgan fingerprint density at radius 3 is 1.27 bits per heavy atom. The molecule has 0 heterocycles. The minimum Gasteiger partial charge on any atom is -0.478 e. The average molecular weight is 545 g/mol. The van der Waals surface area contributed by atoms with Crippen LogP contribution in [-0.2, 0) is 0 Å². The molecule has 10 nitrogen and oxygen atoms in total. The lowest BCUT2D eigenvalue weighted by molar-refractivity contribution is 0.0696. The molecule has 0 saturated heterocycles. The summed E-state index contributed by atoms with van der Waals surface area (Å²) in [5.74, 6) is -3.98. The lowest BCUT2D eigenvalue weighted by atomic mass is 10.0. The van der Waals surface area contributed by atoms with Gasteiger partial charge in [0.2, 0.25) is 0 Å². The van der Waals surface area contributed by atoms with Crippen LogP contribution in [0.15, 0.2) is 54.6 Å². The van der Waals surface area contributed by atoms with Gasteiger partial charge < -0.3 is 15.7 Å². The first-order valence-corrected chi connectivity index (χ1v) is 12.2. The molecule has 40 heavy (non-hydrogen) atoms. The number of carbonyl (C=O) groups is 7. The van der Waals surface area contributed by atoms with Crippen LogP contribution in [0.1, 0.15) is 107 Å². The Bertz CT molecular complexity index is 1510. The molecule has 3 aromatic carbocycles. The predicted molar refractivity (Wildman–Crippen MR) is 149 cm³/mol. The highest BCUT2D eigenvalue weighted by molar-refractivity contribution is 6.11. The summed E-state index contributed by atoms with van der Waals surface area (Å²) in [6.07, 6.45) is 0.508. The van der Waals surface area contributed by atoms with Crippen LogP contribution in [-0.4, -0.2) is 46.5 Å². The van der Waals surface area contributed by atoms with E-state index in [1.807, 2.05) is 13.8 Å². The summed E-state index contributed by atoms with van der Waals surface area (Å²) < 4.78 is 0. The van der Waals surface area contributed by atoms with Crippen LogP contribution in [0.3, 0.4) is 0 Å². The van der Waals surface area contributed by atoms with Crippen molar-refractivity contribution in [2.24, 2.45) is 0 Å². The molecule has 0 fully saturated rings. The van der Waals surface area contributed by atoms with Crippen LogP contribution in [0.4, 0.5) is 11.4 Å². The molecule has 3 aromatic rings. The van der Waals surface area contributed by atoms with Crippen molar-refractivity contribution in [2.45, 2.75) is 34.6 Å². The first kappa shape index (κ1) is 31.0. The number of anilines is 2. The van der Waals surface area contributed by atoms with Gasteiger partial charge in [-0.25, -0.2) is 4.79 Å². The van der Waals surface area contributed by atoms with Crippen LogP contribution in [0.2, 0.25) is 0 Å². The van der Waals surface area contributed by atoms with Crippen LogP contribution >= 0.6 is 0 Å². The fourth-order valence-electron chi connectivity index (χ4n) is 3.52. The van der Waals surface area contributed by atoms with Gasteiger partial charge in [-0.05, 0) is 75.4 Å². The maximum Gasteiger partial charge on any atom is 0.335 e. The van der Waals surface area contributed by atoms with Gasteiger partial charge in [-0.2, -0.15) is 0 Å². The summed E-state index contributed by atoms with van der Waals surface area (Å²) >= 11 is 0. The standard InChI is InChI=1S/C28H22N2O8.C2H6/c1-14(32)18-4-17(13-31)5-24(10-18)29-26(35)21-7-22(9-23(8-21)28(37)38)27(36)30-25-11-19(15(2)33)6-20(12-25)16(3)34;1-2/h4-13H,1-3H3,(H,29,35)(H,30,36)(H,37,38);1-2H3. The predicted octanol–water partition coefficient (Wildman–Crippen LogP) is 5.34. The van der Waals surface area contributed by atoms with Crippen molar-refractivity contribution in [3.05, 3.63) is 93.5 Å². The maximum absolute atomic E-state index is 13.0. The smallest absolute Gasteiger partial charge is 0.335 e. The number of carboxylic acid groups (broad SMARTS) is 1. The van der Waals surface area contributed by atoms with Crippen molar-refractivity contribution in [3.63, 3.8) is 0 Å². The van der Waals surface area contributed by atoms with E-state index in [9.17, 15) is 38.7 Å². The van der Waals surface area contributed by atoms with Gasteiger partial charge in [0, 0.05) is 44.8 Å². The van der Waals surface area contributed by atoms with E-state index in [0.29, 0.717) is 6.29 Å². The highest BCUT2D eigenvalue weighted by Crippen LogP contribution is 2.20. The molecule has 10 heteroatoms. The van der Waals surface area contributed by atoms with E-state index in [0.717, 1.165) is 18.2 Å². The van der Waals surface area contributed by atoms with E-state index in [4.69, 9.17) is 0 Å². The van der Waals surface area contributed by atoms with Crippen LogP contribution in [0, 0.1) is 0 Å². The minimum absolute atomic E-state index is 0.120. The van der Waals surface area contributed by atoms with E-state index in [1.54, 1.807) is 0 Å². The van der Waals surface area contributed by atoms with Gasteiger partial charge in [0.15, 0.2) is 17.3 Å². The second kappa shape index (κ2) is 13.5. The summed E-state index contributed by atoms with van der Waals surface area (Å²) in [4.78, 5) is 84.3. The zero-order valence-corrected chi connectivity index (χ0v) is 22.6. The number of ketones is 3. The molecule has 0 radical (unpaired) electrons. The number of nitrogens with one attached hydrogen (secondary N) is 2. The molecular formula is C30H28N2O8. The Kier molecular flexibility index (Phi) is 10.5. The van der Waals surface area contributed by atoms with Gasteiger partial charge in [-0.15, -0.1) is 0 Å². The molecule has 0 aliphatic heterocycles. The molecule has 0 aliphatic carbocycles. The molecule has 0 bridgehead atoms. The summed E-state index contributed by atoms with van der Waals surface area (Å²) in [6.45, 7) is 7.90. The van der Waals surface area contributed by atoms with Crippen molar-refractivity contribution in [3.8, 4) is 0 Å². The first-order valence-electron chi connectivity index (χ1n) is 12.2. The summed E-state index contributed by atoms with van der Waals surface area (Å²) in [5, 5.41) is 14.5. The number of benzene rings is 3. The van der Waals surface area contributed by atoms with Crippen LogP contribution in [0.25, 0.3) is 0 Å². The summed E-state index contributed by atoms with van der Waals surface area (Å²) in [7, 11) is 0. The van der Waals surface area contributed by atoms with Crippen molar-refractivity contribution in [1.29, 1.82) is 0 Å². The lowest BCUT2D eigenvalue weighted by Gasteiger charge is -2.12. The zero-order chi connectivity index (χ0) is 30.1. The average Bonchev–Trinajstić information content (AvgIpc) is 2.93. The van der Waals surface area contributed by atoms with Gasteiger partial charge in [0.05, 0.1) is 5.56 Å². The number of Topliss-reactive ketones (excluding diaryl/α,β-unsaturated/α-hetero) is 3. The third kappa shape index (κ3) is 7.87. The van der Waals surface area contributed by atoms with E-state index >= 15 is 0 Å². The summed E-state index contributed by atoms with van der Waals surface area (Å²) in [6, 6.07) is 11.5. The molecule has 206 valence electrons. The third-order valence-electron chi connectivity index (χ3n) is 5.46. The van der Waals surface area contributed by atoms with E-state index in [-0.39, 0.29) is 67.7 Å². The number of aldehydes is 1. The molecule has 0 unspecified atom stereocenters. The SMILES string of the molecule is CC.CC(=O)c1cc(C=O)cc(NC(=O)c2cc(C(=O)O)cc(C(=O)Nc3cc(C(C)=O)cc(C(C)=O)c3)c2)c1. The molecule has 3 rings (SSSR count). The third-order valence-corrected chi connectivity index (χ3v) is 5.46. The molecule has 0 spiro atoms. The lowest BCUT2D eigenvalue weighted by Crippen LogP contribution is -2.18. The maximum atomic E-state index is 13.0. The van der Waals surface area contributed by atoms with E-state index in [2.05, 4.69) is 10.6 Å². The highest BCUT2D eigenvalue weighted by atomic mass is 16.4. The number of aromatic carboxylic acids is 1. The van der Waals surface area contributed by atoms with Gasteiger partial charge in [0.25, 0.3) is 11.8 Å². The minimum atomic E-state index is -1.40. The molecule has 0 atom stereocenters. The molecule has 3 N–H and O–H groups in total. The Morgan fingerprint density at radius 1 is 0.550 bits per heavy atom. The second-order valence-corrected chi connectivity index (χ2v) is 8.44. The fraction of sp³-hybridized carbons (Fsp3) is 0.167. The molecular weight excluding hydrogens is 516 g/mol. The monoisotopic (exact) mass is 544 g/mol. The number of carboxylic acids is 1. The van der Waals surface area contributed by atoms with E-state index < -0.39 is 17.8 Å². The van der Waals surface area contributed by atoms with Crippen LogP contribution < -0.4 is 10.6 Å². The van der Waals surface area contributed by atoms with Crippen LogP contribution in [0.5, 0.6) is 0 Å². The molecule has 0 aliphatic rings. The Labute approximate surface area is 230 Å². The quantitative estimate of drug-likeness (QED) is 0.240. The molecule has 0 aromatic heterocycles. The van der Waals surface area contributed by atoms with Gasteiger partial charge in [-0.1, -0.05) is 13.8 Å². The van der Waals surface area contributed by atoms with Gasteiger partial charge in [-0.3, -0.25) is 28.8 Å². The van der Waals surface area contributed by atoms with Gasteiger partial charge in [0.1, 0.15) is 6.29 Å². The van der Waals surface area contributed by atoms with Gasteiger partial charge >= 0.3 is 5.97 Å². The second-order valence-electron chi connectivity index (χ2n) is 8.44. The topological polar surface area (TPSA) is 164 Å². The first-order chi connectivity index (χ1) is 18.9. The van der Waals surface area contributed by atoms with Crippen molar-refractivity contribution in [2.75, 3.05) is 10.6 Å². The Morgan fingerprint density at radius 2 is 0.900 bits per heavy atom. The molecule has 2 amide bonds. The number of carbonyl (C=O) groups excluding carboxylic acids is 6. The number of hydrogen-bond donors (Lipinski definition) is 3. The number of amides is 2. The highest BCUT2D eigenvalue weighted by Gasteiger charge is 2.18. The van der Waals surface area contributed by atoms with E-state index in [1.165, 1.54) is 57.2 Å². The Balaban J connectivity index is 0.00000274. The fourth-order valence-corrected chi connectivity index (χ4v) is 3.52. The molecule has 0 saturated carbocycles. The largest absolute Gasteiger partial charge is 0.478 e. The summed E-state index contributed by atoms with van der Waals surface area (Å²) in [5.41, 5.74) is 0.237. The Hall–Kier alpha value is -5.25. The zero-order valence-electron chi connectivity index (χ0n) is 22.6. The number of hydrogen-bond acceptors (Lipinski definition) is 7. The van der Waals surface area contributed by atoms with Crippen molar-refractivity contribution in [1.82, 2.24) is 0 Å². The number of rotatable bonds is 9.